The van der Waals surface area contributed by atoms with E-state index in [0.29, 0.717) is 11.1 Å². The minimum Gasteiger partial charge on any atom is -0.507 e. The number of hydrogen-bond acceptors (Lipinski definition) is 6. The number of rotatable bonds is 4. The number of esters is 1. The Kier molecular flexibility index (Phi) is 4.07. The average molecular weight is 328 g/mol. The fourth-order valence-corrected chi connectivity index (χ4v) is 2.79. The Morgan fingerprint density at radius 3 is 2.79 bits per heavy atom. The van der Waals surface area contributed by atoms with Crippen LogP contribution in [0.5, 0.6) is 5.75 Å². The lowest BCUT2D eigenvalue weighted by molar-refractivity contribution is -0.140. The van der Waals surface area contributed by atoms with E-state index >= 15 is 0 Å². The molecule has 0 radical (unpaired) electrons. The van der Waals surface area contributed by atoms with Crippen LogP contribution in [0.3, 0.4) is 0 Å². The number of carbonyl (C=O) groups is 1. The second-order valence-electron chi connectivity index (χ2n) is 5.36. The second kappa shape index (κ2) is 6.19. The summed E-state index contributed by atoms with van der Waals surface area (Å²) in [5.74, 6) is -1.43. The zero-order valence-corrected chi connectivity index (χ0v) is 13.2. The zero-order chi connectivity index (χ0) is 17.3. The molecule has 2 aromatic heterocycles. The number of fused-ring (bicyclic) bond motifs is 1. The Hall–Kier alpha value is -3.09. The van der Waals surface area contributed by atoms with Crippen LogP contribution in [0.4, 0.5) is 0 Å². The molecular weight excluding hydrogens is 312 g/mol. The topological polar surface area (TPSA) is 94.6 Å². The fourth-order valence-electron chi connectivity index (χ4n) is 2.79. The number of aromatic hydroxyl groups is 1. The number of carbonyl (C=O) groups excluding carboxylic acids is 1. The van der Waals surface area contributed by atoms with Gasteiger partial charge in [0, 0.05) is 24.9 Å². The molecule has 1 unspecified atom stereocenters. The molecule has 0 saturated heterocycles. The molecule has 7 nitrogen and oxygen atoms in total. The summed E-state index contributed by atoms with van der Waals surface area (Å²) in [5, 5.41) is 15.1. The SMILES string of the molecule is COC(=O)CC(c1c(O)c2ccccc2oc1=O)c1ccnn1C. The maximum absolute atomic E-state index is 12.5. The van der Waals surface area contributed by atoms with Gasteiger partial charge in [0.2, 0.25) is 0 Å². The van der Waals surface area contributed by atoms with Crippen molar-refractivity contribution in [2.45, 2.75) is 12.3 Å². The van der Waals surface area contributed by atoms with Crippen molar-refractivity contribution < 1.29 is 19.1 Å². The Morgan fingerprint density at radius 2 is 2.12 bits per heavy atom. The van der Waals surface area contributed by atoms with Crippen molar-refractivity contribution in [2.24, 2.45) is 7.05 Å². The van der Waals surface area contributed by atoms with Gasteiger partial charge in [0.1, 0.15) is 11.3 Å². The van der Waals surface area contributed by atoms with Gasteiger partial charge in [0.15, 0.2) is 0 Å². The number of aromatic nitrogens is 2. The lowest BCUT2D eigenvalue weighted by Gasteiger charge is -2.17. The van der Waals surface area contributed by atoms with E-state index < -0.39 is 17.5 Å². The molecule has 2 heterocycles. The van der Waals surface area contributed by atoms with Gasteiger partial charge in [-0.15, -0.1) is 0 Å². The van der Waals surface area contributed by atoms with E-state index in [9.17, 15) is 14.7 Å². The summed E-state index contributed by atoms with van der Waals surface area (Å²) >= 11 is 0. The Bertz CT molecular complexity index is 957. The van der Waals surface area contributed by atoms with E-state index in [1.165, 1.54) is 7.11 Å². The molecule has 24 heavy (non-hydrogen) atoms. The number of aryl methyl sites for hydroxylation is 1. The average Bonchev–Trinajstić information content (AvgIpc) is 2.99. The molecule has 0 amide bonds. The van der Waals surface area contributed by atoms with Crippen LogP contribution in [0.25, 0.3) is 11.0 Å². The van der Waals surface area contributed by atoms with Gasteiger partial charge in [0.25, 0.3) is 0 Å². The monoisotopic (exact) mass is 328 g/mol. The van der Waals surface area contributed by atoms with E-state index in [1.807, 2.05) is 0 Å². The highest BCUT2D eigenvalue weighted by Gasteiger charge is 2.29. The van der Waals surface area contributed by atoms with Gasteiger partial charge in [-0.05, 0) is 18.2 Å². The first-order valence-corrected chi connectivity index (χ1v) is 7.32. The summed E-state index contributed by atoms with van der Waals surface area (Å²) in [6, 6.07) is 8.36. The number of hydrogen-bond donors (Lipinski definition) is 1. The molecule has 3 rings (SSSR count). The van der Waals surface area contributed by atoms with Crippen molar-refractivity contribution in [1.82, 2.24) is 9.78 Å². The van der Waals surface area contributed by atoms with Crippen LogP contribution in [0.15, 0.2) is 45.7 Å². The minimum atomic E-state index is -0.731. The summed E-state index contributed by atoms with van der Waals surface area (Å²) in [6.07, 6.45) is 1.44. The molecule has 0 fully saturated rings. The quantitative estimate of drug-likeness (QED) is 0.581. The Morgan fingerprint density at radius 1 is 1.38 bits per heavy atom. The first-order chi connectivity index (χ1) is 11.5. The molecule has 0 aliphatic carbocycles. The van der Waals surface area contributed by atoms with E-state index in [1.54, 1.807) is 48.3 Å². The molecule has 7 heteroatoms. The fraction of sp³-hybridized carbons (Fsp3) is 0.235. The molecule has 1 aromatic carbocycles. The third-order valence-electron chi connectivity index (χ3n) is 3.98. The molecule has 1 atom stereocenters. The van der Waals surface area contributed by atoms with E-state index in [0.717, 1.165) is 0 Å². The van der Waals surface area contributed by atoms with Crippen LogP contribution < -0.4 is 5.63 Å². The summed E-state index contributed by atoms with van der Waals surface area (Å²) < 4.78 is 11.6. The third kappa shape index (κ3) is 2.64. The molecule has 0 spiro atoms. The second-order valence-corrected chi connectivity index (χ2v) is 5.36. The number of benzene rings is 1. The number of ether oxygens (including phenoxy) is 1. The first kappa shape index (κ1) is 15.8. The van der Waals surface area contributed by atoms with Crippen LogP contribution in [0.2, 0.25) is 0 Å². The van der Waals surface area contributed by atoms with Gasteiger partial charge in [-0.3, -0.25) is 9.48 Å². The molecule has 0 bridgehead atoms. The van der Waals surface area contributed by atoms with Crippen molar-refractivity contribution >= 4 is 16.9 Å². The molecule has 3 aromatic rings. The normalized spacial score (nSPS) is 12.2. The van der Waals surface area contributed by atoms with E-state index in [2.05, 4.69) is 5.10 Å². The Balaban J connectivity index is 2.25. The van der Waals surface area contributed by atoms with Crippen molar-refractivity contribution in [3.8, 4) is 5.75 Å². The molecule has 0 aliphatic heterocycles. The van der Waals surface area contributed by atoms with Crippen molar-refractivity contribution in [3.63, 3.8) is 0 Å². The number of nitrogens with zero attached hydrogens (tertiary/aromatic N) is 2. The third-order valence-corrected chi connectivity index (χ3v) is 3.98. The molecule has 0 saturated carbocycles. The van der Waals surface area contributed by atoms with Gasteiger partial charge in [-0.2, -0.15) is 5.10 Å². The maximum atomic E-state index is 12.5. The summed E-state index contributed by atoms with van der Waals surface area (Å²) in [5.41, 5.74) is 0.202. The van der Waals surface area contributed by atoms with Crippen LogP contribution >= 0.6 is 0 Å². The van der Waals surface area contributed by atoms with Crippen molar-refractivity contribution in [2.75, 3.05) is 7.11 Å². The predicted octanol–water partition coefficient (Wildman–Crippen LogP) is 1.93. The smallest absolute Gasteiger partial charge is 0.343 e. The minimum absolute atomic E-state index is 0.0164. The first-order valence-electron chi connectivity index (χ1n) is 7.32. The maximum Gasteiger partial charge on any atom is 0.343 e. The van der Waals surface area contributed by atoms with Crippen LogP contribution in [0, 0.1) is 0 Å². The van der Waals surface area contributed by atoms with Crippen molar-refractivity contribution in [1.29, 1.82) is 0 Å². The molecule has 124 valence electrons. The van der Waals surface area contributed by atoms with Gasteiger partial charge in [0.05, 0.1) is 24.5 Å². The standard InChI is InChI=1S/C17H16N2O5/c1-19-12(7-8-18-19)11(9-14(20)23-2)15-16(21)10-5-3-4-6-13(10)24-17(15)22/h3-8,11,21H,9H2,1-2H3. The highest BCUT2D eigenvalue weighted by molar-refractivity contribution is 5.84. The van der Waals surface area contributed by atoms with Gasteiger partial charge in [-0.1, -0.05) is 12.1 Å². The predicted molar refractivity (Wildman–Crippen MR) is 85.8 cm³/mol. The number of para-hydroxylation sites is 1. The lowest BCUT2D eigenvalue weighted by atomic mass is 9.92. The van der Waals surface area contributed by atoms with Crippen LogP contribution in [-0.2, 0) is 16.6 Å². The molecular formula is C17H16N2O5. The lowest BCUT2D eigenvalue weighted by Crippen LogP contribution is -2.20. The summed E-state index contributed by atoms with van der Waals surface area (Å²) in [7, 11) is 2.96. The summed E-state index contributed by atoms with van der Waals surface area (Å²) in [4.78, 5) is 24.3. The van der Waals surface area contributed by atoms with Gasteiger partial charge in [-0.25, -0.2) is 4.79 Å². The molecule has 0 aliphatic rings. The van der Waals surface area contributed by atoms with Crippen molar-refractivity contribution in [3.05, 3.63) is 58.2 Å². The molecule has 1 N–H and O–H groups in total. The van der Waals surface area contributed by atoms with Crippen LogP contribution in [-0.4, -0.2) is 28.0 Å². The van der Waals surface area contributed by atoms with Crippen LogP contribution in [0.1, 0.15) is 23.6 Å². The highest BCUT2D eigenvalue weighted by atomic mass is 16.5. The highest BCUT2D eigenvalue weighted by Crippen LogP contribution is 2.35. The largest absolute Gasteiger partial charge is 0.507 e. The summed E-state index contributed by atoms with van der Waals surface area (Å²) in [6.45, 7) is 0. The zero-order valence-electron chi connectivity index (χ0n) is 13.2. The number of methoxy groups -OCH3 is 1. The van der Waals surface area contributed by atoms with Gasteiger partial charge < -0.3 is 14.3 Å². The van der Waals surface area contributed by atoms with E-state index in [-0.39, 0.29) is 23.3 Å². The van der Waals surface area contributed by atoms with E-state index in [4.69, 9.17) is 9.15 Å². The van der Waals surface area contributed by atoms with Gasteiger partial charge >= 0.3 is 11.6 Å². The Labute approximate surface area is 137 Å².